The number of aromatic amines is 1. The first-order valence-electron chi connectivity index (χ1n) is 6.89. The average molecular weight is 316 g/mol. The normalized spacial score (nSPS) is 13.5. The van der Waals surface area contributed by atoms with Crippen LogP contribution in [0.2, 0.25) is 0 Å². The summed E-state index contributed by atoms with van der Waals surface area (Å²) in [5.74, 6) is 0.851. The highest BCUT2D eigenvalue weighted by Gasteiger charge is 2.24. The van der Waals surface area contributed by atoms with Crippen LogP contribution in [0.1, 0.15) is 5.56 Å². The van der Waals surface area contributed by atoms with E-state index in [9.17, 15) is 0 Å². The van der Waals surface area contributed by atoms with Gasteiger partial charge in [0.2, 0.25) is 0 Å². The van der Waals surface area contributed by atoms with Gasteiger partial charge < -0.3 is 21.6 Å². The van der Waals surface area contributed by atoms with Crippen molar-refractivity contribution < 1.29 is 15.9 Å². The van der Waals surface area contributed by atoms with Gasteiger partial charge in [0, 0.05) is 18.8 Å². The van der Waals surface area contributed by atoms with Crippen molar-refractivity contribution in [2.24, 2.45) is 0 Å². The number of H-pyrrole nitrogens is 1. The number of nitrogens with two attached hydrogens (primary N) is 1. The van der Waals surface area contributed by atoms with Crippen LogP contribution in [0.25, 0.3) is 0 Å². The molecule has 2 heterocycles. The maximum absolute atomic E-state index is 8.83. The Bertz CT molecular complexity index is 645. The predicted octanol–water partition coefficient (Wildman–Crippen LogP) is -0.325. The van der Waals surface area contributed by atoms with E-state index in [1.54, 1.807) is 12.4 Å². The molecule has 6 N–H and O–H groups in total. The second-order valence-electron chi connectivity index (χ2n) is 5.00. The van der Waals surface area contributed by atoms with Gasteiger partial charge in [0.25, 0.3) is 0 Å². The zero-order valence-corrected chi connectivity index (χ0v) is 12.6. The third-order valence-electron chi connectivity index (χ3n) is 3.64. The number of hydrogen-bond acceptors (Lipinski definition) is 6. The van der Waals surface area contributed by atoms with Crippen LogP contribution >= 0.6 is 0 Å². The maximum atomic E-state index is 8.83. The number of nitriles is 1. The fourth-order valence-corrected chi connectivity index (χ4v) is 2.45. The van der Waals surface area contributed by atoms with Crippen molar-refractivity contribution in [2.45, 2.75) is 0 Å². The monoisotopic (exact) mass is 316 g/mol. The predicted molar refractivity (Wildman–Crippen MR) is 86.3 cm³/mol. The van der Waals surface area contributed by atoms with Crippen molar-refractivity contribution in [3.05, 3.63) is 42.2 Å². The number of aromatic nitrogens is 2. The molecule has 0 atom stereocenters. The van der Waals surface area contributed by atoms with Crippen molar-refractivity contribution in [3.8, 4) is 6.07 Å². The number of anilines is 3. The van der Waals surface area contributed by atoms with Crippen LogP contribution < -0.4 is 20.5 Å². The highest BCUT2D eigenvalue weighted by molar-refractivity contribution is 5.51. The topological polar surface area (TPSA) is 145 Å². The van der Waals surface area contributed by atoms with Gasteiger partial charge in [-0.2, -0.15) is 5.26 Å². The van der Waals surface area contributed by atoms with Crippen LogP contribution in [-0.2, 0) is 0 Å². The van der Waals surface area contributed by atoms with Gasteiger partial charge in [0.05, 0.1) is 36.6 Å². The van der Waals surface area contributed by atoms with Crippen molar-refractivity contribution in [2.75, 3.05) is 41.7 Å². The van der Waals surface area contributed by atoms with Crippen molar-refractivity contribution >= 4 is 17.3 Å². The Morgan fingerprint density at radius 2 is 1.70 bits per heavy atom. The second kappa shape index (κ2) is 7.93. The molecule has 0 aliphatic carbocycles. The molecule has 2 aromatic rings. The minimum absolute atomic E-state index is 0. The van der Waals surface area contributed by atoms with Gasteiger partial charge >= 0.3 is 5.95 Å². The lowest BCUT2D eigenvalue weighted by Crippen LogP contribution is -2.48. The van der Waals surface area contributed by atoms with Crippen molar-refractivity contribution in [3.63, 3.8) is 0 Å². The van der Waals surface area contributed by atoms with E-state index in [-0.39, 0.29) is 11.0 Å². The van der Waals surface area contributed by atoms with Gasteiger partial charge in [0.1, 0.15) is 6.20 Å². The largest absolute Gasteiger partial charge is 0.870 e. The van der Waals surface area contributed by atoms with Crippen LogP contribution in [-0.4, -0.2) is 42.1 Å². The Morgan fingerprint density at radius 1 is 1.09 bits per heavy atom. The summed E-state index contributed by atoms with van der Waals surface area (Å²) in [5.41, 5.74) is 8.12. The minimum Gasteiger partial charge on any atom is -0.870 e. The third kappa shape index (κ3) is 4.06. The molecule has 1 aliphatic rings. The molecule has 1 saturated heterocycles. The number of nitrogen functional groups attached to an aromatic ring is 1. The van der Waals surface area contributed by atoms with Gasteiger partial charge in [-0.05, 0) is 24.3 Å². The zero-order valence-electron chi connectivity index (χ0n) is 12.6. The lowest BCUT2D eigenvalue weighted by Gasteiger charge is -2.32. The average Bonchev–Trinajstić information content (AvgIpc) is 2.56. The fourth-order valence-electron chi connectivity index (χ4n) is 2.45. The molecular formula is C15H20N6O2. The van der Waals surface area contributed by atoms with Gasteiger partial charge in [0.15, 0.2) is 0 Å². The summed E-state index contributed by atoms with van der Waals surface area (Å²) in [5, 5.41) is 8.83. The summed E-state index contributed by atoms with van der Waals surface area (Å²) in [7, 11) is 0. The molecule has 0 unspecified atom stereocenters. The van der Waals surface area contributed by atoms with E-state index in [0.717, 1.165) is 37.8 Å². The van der Waals surface area contributed by atoms with Crippen LogP contribution in [0.15, 0.2) is 36.7 Å². The summed E-state index contributed by atoms with van der Waals surface area (Å²) >= 11 is 0. The molecule has 8 nitrogen and oxygen atoms in total. The van der Waals surface area contributed by atoms with Crippen molar-refractivity contribution in [1.29, 1.82) is 5.26 Å². The second-order valence-corrected chi connectivity index (χ2v) is 5.00. The first-order chi connectivity index (χ1) is 10.3. The Hall–Kier alpha value is -2.89. The molecule has 1 aliphatic heterocycles. The number of hydrogen-bond donors (Lipinski definition) is 1. The fraction of sp³-hybridized carbons (Fsp3) is 0.267. The molecule has 0 bridgehead atoms. The quantitative estimate of drug-likeness (QED) is 0.803. The highest BCUT2D eigenvalue weighted by atomic mass is 16.0. The van der Waals surface area contributed by atoms with Gasteiger partial charge in [-0.3, -0.25) is 4.90 Å². The molecule has 1 aromatic carbocycles. The van der Waals surface area contributed by atoms with Crippen LogP contribution in [0, 0.1) is 11.3 Å². The smallest absolute Gasteiger partial charge is 0.391 e. The lowest BCUT2D eigenvalue weighted by molar-refractivity contribution is -0.367. The van der Waals surface area contributed by atoms with E-state index in [1.807, 2.05) is 24.3 Å². The summed E-state index contributed by atoms with van der Waals surface area (Å²) in [6, 6.07) is 9.86. The maximum Gasteiger partial charge on any atom is 0.391 e. The summed E-state index contributed by atoms with van der Waals surface area (Å²) < 4.78 is 0. The summed E-state index contributed by atoms with van der Waals surface area (Å²) in [4.78, 5) is 11.9. The molecule has 0 amide bonds. The van der Waals surface area contributed by atoms with E-state index in [2.05, 4.69) is 25.8 Å². The van der Waals surface area contributed by atoms with E-state index in [1.165, 1.54) is 0 Å². The summed E-state index contributed by atoms with van der Waals surface area (Å²) in [6.07, 6.45) is 3.42. The highest BCUT2D eigenvalue weighted by Crippen LogP contribution is 2.18. The molecule has 122 valence electrons. The standard InChI is InChI=1S/C15H16N6.2H2O/c16-9-12-1-3-14(4-2-12)20-5-7-21(8-6-20)15-18-10-13(17)11-19-15;;/h1-4,10-11H,5-8,17H2;2*1H2. The van der Waals surface area contributed by atoms with E-state index in [0.29, 0.717) is 11.3 Å². The van der Waals surface area contributed by atoms with E-state index >= 15 is 0 Å². The third-order valence-corrected chi connectivity index (χ3v) is 3.64. The Labute approximate surface area is 134 Å². The zero-order chi connectivity index (χ0) is 14.7. The molecule has 1 aromatic heterocycles. The number of rotatable bonds is 2. The molecule has 0 saturated carbocycles. The molecular weight excluding hydrogens is 296 g/mol. The molecule has 8 heteroatoms. The van der Waals surface area contributed by atoms with Gasteiger partial charge in [-0.25, -0.2) is 4.98 Å². The Kier molecular flexibility index (Phi) is 6.26. The Balaban J connectivity index is 0.00000132. The molecule has 23 heavy (non-hydrogen) atoms. The van der Waals surface area contributed by atoms with Crippen LogP contribution in [0.4, 0.5) is 17.3 Å². The van der Waals surface area contributed by atoms with Gasteiger partial charge in [-0.1, -0.05) is 4.98 Å². The number of nitrogens with one attached hydrogen (secondary N) is 1. The van der Waals surface area contributed by atoms with Crippen LogP contribution in [0.3, 0.4) is 0 Å². The van der Waals surface area contributed by atoms with Crippen LogP contribution in [0.5, 0.6) is 0 Å². The Morgan fingerprint density at radius 3 is 2.22 bits per heavy atom. The SMILES string of the molecule is N#Cc1ccc(N2CCN(c3ncc(N)c[nH+]3)CC2)cc1.O.[OH-]. The minimum atomic E-state index is 0. The summed E-state index contributed by atoms with van der Waals surface area (Å²) in [6.45, 7) is 3.64. The molecule has 3 rings (SSSR count). The van der Waals surface area contributed by atoms with E-state index in [4.69, 9.17) is 11.0 Å². The molecule has 1 fully saturated rings. The van der Waals surface area contributed by atoms with Gasteiger partial charge in [-0.15, -0.1) is 0 Å². The number of benzene rings is 1. The molecule has 0 radical (unpaired) electrons. The van der Waals surface area contributed by atoms with Crippen molar-refractivity contribution in [1.82, 2.24) is 4.98 Å². The number of nitrogens with zero attached hydrogens (tertiary/aromatic N) is 4. The first-order valence-corrected chi connectivity index (χ1v) is 6.89. The number of piperazine rings is 1. The van der Waals surface area contributed by atoms with E-state index < -0.39 is 0 Å². The lowest BCUT2D eigenvalue weighted by atomic mass is 10.2. The first kappa shape index (κ1) is 18.2. The molecule has 0 spiro atoms.